The molecule has 0 amide bonds. The van der Waals surface area contributed by atoms with Crippen LogP contribution in [0.5, 0.6) is 5.75 Å². The second-order valence-corrected chi connectivity index (χ2v) is 5.72. The minimum Gasteiger partial charge on any atom is -0.493 e. The van der Waals surface area contributed by atoms with Gasteiger partial charge < -0.3 is 20.9 Å². The van der Waals surface area contributed by atoms with Crippen molar-refractivity contribution in [1.29, 1.82) is 0 Å². The van der Waals surface area contributed by atoms with Gasteiger partial charge in [0, 0.05) is 6.04 Å². The molecule has 0 aliphatic heterocycles. The largest absolute Gasteiger partial charge is 0.493 e. The smallest absolute Gasteiger partial charge is 0.122 e. The highest BCUT2D eigenvalue weighted by atomic mass is 16.5. The molecule has 120 valence electrons. The second kappa shape index (κ2) is 9.03. The van der Waals surface area contributed by atoms with E-state index in [0.29, 0.717) is 19.1 Å². The number of benzene rings is 1. The van der Waals surface area contributed by atoms with Crippen LogP contribution in [0.2, 0.25) is 0 Å². The van der Waals surface area contributed by atoms with Crippen molar-refractivity contribution >= 4 is 0 Å². The molecule has 2 atom stereocenters. The molecule has 0 spiro atoms. The number of likely N-dealkylation sites (N-methyl/N-ethyl adjacent to an activating group) is 1. The maximum atomic E-state index is 10.5. The van der Waals surface area contributed by atoms with Crippen LogP contribution in [0.4, 0.5) is 0 Å². The number of hydrogen-bond donors (Lipinski definition) is 3. The molecular formula is C17H30N2O2. The molecule has 0 radical (unpaired) electrons. The quantitative estimate of drug-likeness (QED) is 0.655. The maximum absolute atomic E-state index is 10.5. The maximum Gasteiger partial charge on any atom is 0.122 e. The molecule has 0 saturated carbocycles. The van der Waals surface area contributed by atoms with Crippen LogP contribution in [-0.4, -0.2) is 31.3 Å². The molecule has 0 fully saturated rings. The van der Waals surface area contributed by atoms with Crippen LogP contribution in [0.1, 0.15) is 56.8 Å². The van der Waals surface area contributed by atoms with E-state index in [1.54, 1.807) is 0 Å². The summed E-state index contributed by atoms with van der Waals surface area (Å²) in [6, 6.07) is 5.94. The third-order valence-electron chi connectivity index (χ3n) is 3.69. The van der Waals surface area contributed by atoms with Crippen LogP contribution in [-0.2, 0) is 0 Å². The summed E-state index contributed by atoms with van der Waals surface area (Å²) >= 11 is 0. The number of nitrogens with one attached hydrogen (secondary N) is 1. The van der Waals surface area contributed by atoms with Crippen molar-refractivity contribution in [2.24, 2.45) is 5.73 Å². The first kappa shape index (κ1) is 18.0. The molecule has 1 aromatic rings. The Morgan fingerprint density at radius 3 is 2.57 bits per heavy atom. The molecule has 1 aromatic carbocycles. The van der Waals surface area contributed by atoms with E-state index in [-0.39, 0.29) is 6.04 Å². The molecule has 0 aliphatic rings. The predicted octanol–water partition coefficient (Wildman–Crippen LogP) is 2.57. The molecular weight excluding hydrogens is 264 g/mol. The van der Waals surface area contributed by atoms with Crippen LogP contribution >= 0.6 is 0 Å². The van der Waals surface area contributed by atoms with Crippen molar-refractivity contribution in [3.63, 3.8) is 0 Å². The number of aliphatic hydroxyl groups is 1. The first-order valence-corrected chi connectivity index (χ1v) is 7.87. The summed E-state index contributed by atoms with van der Waals surface area (Å²) in [4.78, 5) is 0. The molecule has 21 heavy (non-hydrogen) atoms. The lowest BCUT2D eigenvalue weighted by molar-refractivity contribution is 0.128. The SMILES string of the molecule is CCCOc1ccc(C(O)C(CCN)NC)cc1C(C)C. The first-order valence-electron chi connectivity index (χ1n) is 7.87. The van der Waals surface area contributed by atoms with Crippen molar-refractivity contribution < 1.29 is 9.84 Å². The van der Waals surface area contributed by atoms with Crippen molar-refractivity contribution in [1.82, 2.24) is 5.32 Å². The van der Waals surface area contributed by atoms with Crippen molar-refractivity contribution in [2.75, 3.05) is 20.2 Å². The fourth-order valence-electron chi connectivity index (χ4n) is 2.42. The van der Waals surface area contributed by atoms with Crippen LogP contribution in [0, 0.1) is 0 Å². The van der Waals surface area contributed by atoms with Gasteiger partial charge in [0.25, 0.3) is 0 Å². The van der Waals surface area contributed by atoms with Crippen molar-refractivity contribution in [3.8, 4) is 5.75 Å². The third-order valence-corrected chi connectivity index (χ3v) is 3.69. The lowest BCUT2D eigenvalue weighted by atomic mass is 9.94. The van der Waals surface area contributed by atoms with E-state index in [0.717, 1.165) is 29.7 Å². The summed E-state index contributed by atoms with van der Waals surface area (Å²) in [5.74, 6) is 1.27. The van der Waals surface area contributed by atoms with Crippen LogP contribution in [0.25, 0.3) is 0 Å². The van der Waals surface area contributed by atoms with E-state index in [4.69, 9.17) is 10.5 Å². The standard InChI is InChI=1S/C17H30N2O2/c1-5-10-21-16-7-6-13(11-14(16)12(2)3)17(20)15(19-4)8-9-18/h6-7,11-12,15,17,19-20H,5,8-10,18H2,1-4H3. The Kier molecular flexibility index (Phi) is 7.72. The molecule has 1 rings (SSSR count). The summed E-state index contributed by atoms with van der Waals surface area (Å²) in [6.45, 7) is 7.64. The molecule has 4 nitrogen and oxygen atoms in total. The van der Waals surface area contributed by atoms with Gasteiger partial charge in [-0.1, -0.05) is 26.8 Å². The van der Waals surface area contributed by atoms with Gasteiger partial charge in [-0.3, -0.25) is 0 Å². The topological polar surface area (TPSA) is 67.5 Å². The van der Waals surface area contributed by atoms with E-state index in [9.17, 15) is 5.11 Å². The Morgan fingerprint density at radius 2 is 2.05 bits per heavy atom. The van der Waals surface area contributed by atoms with Gasteiger partial charge in [-0.15, -0.1) is 0 Å². The van der Waals surface area contributed by atoms with Crippen LogP contribution in [0.15, 0.2) is 18.2 Å². The van der Waals surface area contributed by atoms with Gasteiger partial charge in [0.1, 0.15) is 5.75 Å². The lowest BCUT2D eigenvalue weighted by Crippen LogP contribution is -2.34. The number of nitrogens with two attached hydrogens (primary N) is 1. The fraction of sp³-hybridized carbons (Fsp3) is 0.647. The normalized spacial score (nSPS) is 14.2. The molecule has 0 saturated heterocycles. The number of ether oxygens (including phenoxy) is 1. The zero-order valence-electron chi connectivity index (χ0n) is 13.7. The zero-order chi connectivity index (χ0) is 15.8. The van der Waals surface area contributed by atoms with Gasteiger partial charge >= 0.3 is 0 Å². The number of hydrogen-bond acceptors (Lipinski definition) is 4. The molecule has 2 unspecified atom stereocenters. The Morgan fingerprint density at radius 1 is 1.33 bits per heavy atom. The van der Waals surface area contributed by atoms with Gasteiger partial charge in [0.15, 0.2) is 0 Å². The average Bonchev–Trinajstić information content (AvgIpc) is 2.49. The van der Waals surface area contributed by atoms with Gasteiger partial charge in [0.2, 0.25) is 0 Å². The highest BCUT2D eigenvalue weighted by Gasteiger charge is 2.20. The minimum atomic E-state index is -0.559. The second-order valence-electron chi connectivity index (χ2n) is 5.72. The Bertz CT molecular complexity index is 421. The van der Waals surface area contributed by atoms with Gasteiger partial charge in [-0.2, -0.15) is 0 Å². The Labute approximate surface area is 128 Å². The number of rotatable bonds is 9. The molecule has 0 aromatic heterocycles. The summed E-state index contributed by atoms with van der Waals surface area (Å²) in [7, 11) is 1.85. The van der Waals surface area contributed by atoms with Gasteiger partial charge in [-0.25, -0.2) is 0 Å². The van der Waals surface area contributed by atoms with Crippen LogP contribution < -0.4 is 15.8 Å². The van der Waals surface area contributed by atoms with E-state index in [1.165, 1.54) is 0 Å². The van der Waals surface area contributed by atoms with Crippen molar-refractivity contribution in [3.05, 3.63) is 29.3 Å². The van der Waals surface area contributed by atoms with Crippen LogP contribution in [0.3, 0.4) is 0 Å². The summed E-state index contributed by atoms with van der Waals surface area (Å²) in [5, 5.41) is 13.7. The average molecular weight is 294 g/mol. The predicted molar refractivity (Wildman–Crippen MR) is 87.8 cm³/mol. The summed E-state index contributed by atoms with van der Waals surface area (Å²) in [5.41, 5.74) is 7.66. The van der Waals surface area contributed by atoms with Gasteiger partial charge in [0.05, 0.1) is 12.7 Å². The summed E-state index contributed by atoms with van der Waals surface area (Å²) in [6.07, 6.45) is 1.17. The first-order chi connectivity index (χ1) is 10.0. The Balaban J connectivity index is 3.00. The Hall–Kier alpha value is -1.10. The fourth-order valence-corrected chi connectivity index (χ4v) is 2.42. The highest BCUT2D eigenvalue weighted by molar-refractivity contribution is 5.40. The minimum absolute atomic E-state index is 0.0302. The summed E-state index contributed by atoms with van der Waals surface area (Å²) < 4.78 is 5.80. The highest BCUT2D eigenvalue weighted by Crippen LogP contribution is 2.31. The molecule has 0 aliphatic carbocycles. The van der Waals surface area contributed by atoms with E-state index in [2.05, 4.69) is 32.2 Å². The monoisotopic (exact) mass is 294 g/mol. The third kappa shape index (κ3) is 4.99. The van der Waals surface area contributed by atoms with E-state index >= 15 is 0 Å². The zero-order valence-corrected chi connectivity index (χ0v) is 13.7. The molecule has 0 bridgehead atoms. The number of aliphatic hydroxyl groups excluding tert-OH is 1. The van der Waals surface area contributed by atoms with E-state index < -0.39 is 6.10 Å². The van der Waals surface area contributed by atoms with E-state index in [1.807, 2.05) is 19.2 Å². The lowest BCUT2D eigenvalue weighted by Gasteiger charge is -2.24. The molecule has 4 N–H and O–H groups in total. The van der Waals surface area contributed by atoms with Gasteiger partial charge in [-0.05, 0) is 55.6 Å². The molecule has 4 heteroatoms. The molecule has 0 heterocycles. The van der Waals surface area contributed by atoms with Crippen molar-refractivity contribution in [2.45, 2.75) is 51.7 Å².